The maximum Gasteiger partial charge on any atom is 0.371 e. The standard InChI is InChI=1S/C9H8BrN3O5S/c10-8-6(3-5(18-8)9(14)15)19(16,17)13-4-7-11-1-2-12-7/h1-3,13H,4H2,(H,11,12)(H,14,15). The number of H-pyrrole nitrogens is 1. The summed E-state index contributed by atoms with van der Waals surface area (Å²) < 4.78 is 30.8. The van der Waals surface area contributed by atoms with Crippen LogP contribution in [-0.2, 0) is 16.6 Å². The first-order valence-corrected chi connectivity index (χ1v) is 7.18. The Kier molecular flexibility index (Phi) is 3.73. The number of sulfonamides is 1. The van der Waals surface area contributed by atoms with E-state index in [0.29, 0.717) is 5.82 Å². The van der Waals surface area contributed by atoms with Gasteiger partial charge in [0, 0.05) is 18.5 Å². The van der Waals surface area contributed by atoms with Crippen LogP contribution in [0.5, 0.6) is 0 Å². The lowest BCUT2D eigenvalue weighted by Crippen LogP contribution is -2.23. The lowest BCUT2D eigenvalue weighted by Gasteiger charge is -2.02. The normalized spacial score (nSPS) is 11.6. The Balaban J connectivity index is 2.22. The Morgan fingerprint density at radius 3 is 2.84 bits per heavy atom. The molecule has 0 bridgehead atoms. The summed E-state index contributed by atoms with van der Waals surface area (Å²) in [7, 11) is -3.89. The summed E-state index contributed by atoms with van der Waals surface area (Å²) in [5, 5.41) is 8.72. The molecular formula is C9H8BrN3O5S. The van der Waals surface area contributed by atoms with Gasteiger partial charge >= 0.3 is 5.97 Å². The van der Waals surface area contributed by atoms with Crippen LogP contribution < -0.4 is 4.72 Å². The van der Waals surface area contributed by atoms with Crippen LogP contribution in [0.3, 0.4) is 0 Å². The van der Waals surface area contributed by atoms with Crippen LogP contribution in [0, 0.1) is 0 Å². The minimum Gasteiger partial charge on any atom is -0.475 e. The van der Waals surface area contributed by atoms with Gasteiger partial charge in [0.25, 0.3) is 0 Å². The largest absolute Gasteiger partial charge is 0.475 e. The van der Waals surface area contributed by atoms with E-state index < -0.39 is 21.8 Å². The predicted octanol–water partition coefficient (Wildman–Crippen LogP) is 0.942. The van der Waals surface area contributed by atoms with E-state index in [4.69, 9.17) is 9.52 Å². The quantitative estimate of drug-likeness (QED) is 0.737. The van der Waals surface area contributed by atoms with Gasteiger partial charge in [-0.05, 0) is 15.9 Å². The zero-order valence-corrected chi connectivity index (χ0v) is 11.7. The van der Waals surface area contributed by atoms with E-state index in [0.717, 1.165) is 6.07 Å². The SMILES string of the molecule is O=C(O)c1cc(S(=O)(=O)NCc2ncc[nH]2)c(Br)o1. The molecule has 2 heterocycles. The molecular weight excluding hydrogens is 342 g/mol. The van der Waals surface area contributed by atoms with Crippen molar-refractivity contribution in [1.29, 1.82) is 0 Å². The first-order valence-electron chi connectivity index (χ1n) is 4.90. The fraction of sp³-hybridized carbons (Fsp3) is 0.111. The molecule has 0 unspecified atom stereocenters. The third-order valence-corrected chi connectivity index (χ3v) is 4.40. The Hall–Kier alpha value is -1.65. The molecule has 102 valence electrons. The van der Waals surface area contributed by atoms with Crippen molar-refractivity contribution < 1.29 is 22.7 Å². The van der Waals surface area contributed by atoms with Crippen molar-refractivity contribution in [2.24, 2.45) is 0 Å². The number of furan rings is 1. The highest BCUT2D eigenvalue weighted by molar-refractivity contribution is 9.10. The van der Waals surface area contributed by atoms with Gasteiger partial charge in [0.2, 0.25) is 15.8 Å². The fourth-order valence-electron chi connectivity index (χ4n) is 1.28. The smallest absolute Gasteiger partial charge is 0.371 e. The van der Waals surface area contributed by atoms with E-state index in [2.05, 4.69) is 30.6 Å². The van der Waals surface area contributed by atoms with E-state index in [9.17, 15) is 13.2 Å². The van der Waals surface area contributed by atoms with Gasteiger partial charge in [-0.1, -0.05) is 0 Å². The molecule has 0 atom stereocenters. The summed E-state index contributed by atoms with van der Waals surface area (Å²) in [6, 6.07) is 0.927. The molecule has 2 aromatic rings. The third kappa shape index (κ3) is 3.03. The van der Waals surface area contributed by atoms with Crippen molar-refractivity contribution in [1.82, 2.24) is 14.7 Å². The molecule has 0 aliphatic carbocycles. The van der Waals surface area contributed by atoms with Crippen molar-refractivity contribution in [3.8, 4) is 0 Å². The van der Waals surface area contributed by atoms with Gasteiger partial charge in [-0.15, -0.1) is 0 Å². The maximum absolute atomic E-state index is 11.9. The molecule has 0 radical (unpaired) electrons. The van der Waals surface area contributed by atoms with Crippen molar-refractivity contribution in [2.45, 2.75) is 11.4 Å². The number of hydrogen-bond donors (Lipinski definition) is 3. The molecule has 3 N–H and O–H groups in total. The lowest BCUT2D eigenvalue weighted by atomic mass is 10.5. The highest BCUT2D eigenvalue weighted by atomic mass is 79.9. The van der Waals surface area contributed by atoms with Crippen LogP contribution >= 0.6 is 15.9 Å². The van der Waals surface area contributed by atoms with Crippen LogP contribution in [0.25, 0.3) is 0 Å². The molecule has 19 heavy (non-hydrogen) atoms. The van der Waals surface area contributed by atoms with Crippen LogP contribution in [0.4, 0.5) is 0 Å². The van der Waals surface area contributed by atoms with Crippen LogP contribution in [0.1, 0.15) is 16.4 Å². The van der Waals surface area contributed by atoms with E-state index >= 15 is 0 Å². The summed E-state index contributed by atoms with van der Waals surface area (Å²) in [6.45, 7) is -0.0463. The predicted molar refractivity (Wildman–Crippen MR) is 66.0 cm³/mol. The van der Waals surface area contributed by atoms with Crippen LogP contribution in [0.15, 0.2) is 32.4 Å². The average molecular weight is 350 g/mol. The molecule has 2 aromatic heterocycles. The maximum atomic E-state index is 11.9. The highest BCUT2D eigenvalue weighted by Gasteiger charge is 2.24. The summed E-state index contributed by atoms with van der Waals surface area (Å²) in [5.74, 6) is -1.39. The monoisotopic (exact) mass is 349 g/mol. The molecule has 8 nitrogen and oxygen atoms in total. The summed E-state index contributed by atoms with van der Waals surface area (Å²) >= 11 is 2.87. The van der Waals surface area contributed by atoms with Gasteiger partial charge < -0.3 is 14.5 Å². The second-order valence-corrected chi connectivity index (χ2v) is 5.87. The van der Waals surface area contributed by atoms with Crippen molar-refractivity contribution >= 4 is 31.9 Å². The Morgan fingerprint density at radius 2 is 2.32 bits per heavy atom. The fourth-order valence-corrected chi connectivity index (χ4v) is 3.20. The van der Waals surface area contributed by atoms with Crippen molar-refractivity contribution in [3.05, 3.63) is 34.7 Å². The molecule has 0 aliphatic heterocycles. The van der Waals surface area contributed by atoms with E-state index in [1.807, 2.05) is 0 Å². The second kappa shape index (κ2) is 5.15. The number of carboxylic acid groups (broad SMARTS) is 1. The van der Waals surface area contributed by atoms with Gasteiger partial charge in [0.05, 0.1) is 6.54 Å². The number of aromatic amines is 1. The van der Waals surface area contributed by atoms with Gasteiger partial charge in [-0.3, -0.25) is 0 Å². The number of rotatable bonds is 5. The Labute approximate surface area is 116 Å². The minimum atomic E-state index is -3.89. The number of imidazole rings is 1. The van der Waals surface area contributed by atoms with Crippen LogP contribution in [0.2, 0.25) is 0 Å². The molecule has 0 amide bonds. The van der Waals surface area contributed by atoms with E-state index in [-0.39, 0.29) is 16.1 Å². The Morgan fingerprint density at radius 1 is 1.58 bits per heavy atom. The summed E-state index contributed by atoms with van der Waals surface area (Å²) in [6.07, 6.45) is 3.04. The molecule has 0 spiro atoms. The molecule has 0 saturated carbocycles. The second-order valence-electron chi connectivity index (χ2n) is 3.41. The molecule has 0 fully saturated rings. The molecule has 0 saturated heterocycles. The number of carbonyl (C=O) groups is 1. The van der Waals surface area contributed by atoms with Gasteiger partial charge in [-0.2, -0.15) is 0 Å². The Bertz CT molecular complexity index is 692. The van der Waals surface area contributed by atoms with E-state index in [1.165, 1.54) is 6.20 Å². The minimum absolute atomic E-state index is 0.0463. The van der Waals surface area contributed by atoms with Gasteiger partial charge in [0.1, 0.15) is 10.7 Å². The number of aromatic nitrogens is 2. The third-order valence-electron chi connectivity index (χ3n) is 2.14. The first kappa shape index (κ1) is 13.8. The number of hydrogen-bond acceptors (Lipinski definition) is 5. The molecule has 0 aromatic carbocycles. The van der Waals surface area contributed by atoms with Gasteiger partial charge in [0.15, 0.2) is 4.67 Å². The number of nitrogens with zero attached hydrogens (tertiary/aromatic N) is 1. The zero-order chi connectivity index (χ0) is 14.0. The average Bonchev–Trinajstić information content (AvgIpc) is 2.95. The zero-order valence-electron chi connectivity index (χ0n) is 9.25. The number of aromatic carboxylic acids is 1. The number of halogens is 1. The summed E-state index contributed by atoms with van der Waals surface area (Å²) in [4.78, 5) is 17.0. The van der Waals surface area contributed by atoms with E-state index in [1.54, 1.807) is 6.20 Å². The molecule has 10 heteroatoms. The van der Waals surface area contributed by atoms with Crippen molar-refractivity contribution in [3.63, 3.8) is 0 Å². The van der Waals surface area contributed by atoms with Crippen molar-refractivity contribution in [2.75, 3.05) is 0 Å². The number of carboxylic acids is 1. The first-order chi connectivity index (χ1) is 8.90. The molecule has 0 aliphatic rings. The topological polar surface area (TPSA) is 125 Å². The van der Waals surface area contributed by atoms with Crippen LogP contribution in [-0.4, -0.2) is 29.5 Å². The molecule has 2 rings (SSSR count). The van der Waals surface area contributed by atoms with Gasteiger partial charge in [-0.25, -0.2) is 22.9 Å². The summed E-state index contributed by atoms with van der Waals surface area (Å²) in [5.41, 5.74) is 0. The number of nitrogens with one attached hydrogen (secondary N) is 2. The lowest BCUT2D eigenvalue weighted by molar-refractivity contribution is 0.0661. The highest BCUT2D eigenvalue weighted by Crippen LogP contribution is 2.26.